The number of furan rings is 1. The van der Waals surface area contributed by atoms with Gasteiger partial charge in [0.15, 0.2) is 0 Å². The Labute approximate surface area is 349 Å². The highest BCUT2D eigenvalue weighted by Crippen LogP contribution is 2.41. The molecule has 0 fully saturated rings. The van der Waals surface area contributed by atoms with Crippen molar-refractivity contribution >= 4 is 49.8 Å². The molecule has 0 saturated heterocycles. The van der Waals surface area contributed by atoms with E-state index in [4.69, 9.17) is 4.42 Å². The lowest BCUT2D eigenvalue weighted by atomic mass is 9.95. The zero-order valence-corrected chi connectivity index (χ0v) is 32.9. The molecule has 0 N–H and O–H groups in total. The molecule has 0 aliphatic carbocycles. The summed E-state index contributed by atoms with van der Waals surface area (Å²) in [5.41, 5.74) is 16.9. The maximum atomic E-state index is 6.42. The maximum Gasteiger partial charge on any atom is 0.143 e. The number of anilines is 3. The summed E-state index contributed by atoms with van der Waals surface area (Å²) in [5, 5.41) is 4.78. The number of fused-ring (bicyclic) bond motifs is 4. The van der Waals surface area contributed by atoms with Crippen molar-refractivity contribution in [2.75, 3.05) is 4.90 Å². The number of hydrogen-bond donors (Lipinski definition) is 0. The molecule has 0 unspecified atom stereocenters. The molecule has 11 rings (SSSR count). The van der Waals surface area contributed by atoms with Gasteiger partial charge in [0.1, 0.15) is 11.2 Å². The summed E-state index contributed by atoms with van der Waals surface area (Å²) in [6, 6.07) is 84.8. The third-order valence-corrected chi connectivity index (χ3v) is 11.7. The van der Waals surface area contributed by atoms with Crippen LogP contribution in [0.5, 0.6) is 0 Å². The van der Waals surface area contributed by atoms with Crippen LogP contribution in [0.3, 0.4) is 0 Å². The maximum absolute atomic E-state index is 6.42. The van der Waals surface area contributed by atoms with Crippen LogP contribution in [0.2, 0.25) is 0 Å². The van der Waals surface area contributed by atoms with Gasteiger partial charge in [0.2, 0.25) is 0 Å². The molecule has 11 aromatic rings. The van der Waals surface area contributed by atoms with Gasteiger partial charge in [-0.1, -0.05) is 188 Å². The summed E-state index contributed by atoms with van der Waals surface area (Å²) in [6.45, 7) is 0. The minimum atomic E-state index is 0.905. The highest BCUT2D eigenvalue weighted by molar-refractivity contribution is 6.09. The normalized spacial score (nSPS) is 11.3. The number of rotatable bonds is 8. The number of benzene rings is 10. The first-order valence-corrected chi connectivity index (χ1v) is 20.5. The summed E-state index contributed by atoms with van der Waals surface area (Å²) in [4.78, 5) is 2.34. The van der Waals surface area contributed by atoms with Crippen LogP contribution in [-0.4, -0.2) is 0 Å². The van der Waals surface area contributed by atoms with Gasteiger partial charge in [-0.05, 0) is 109 Å². The molecule has 282 valence electrons. The smallest absolute Gasteiger partial charge is 0.143 e. The molecule has 2 nitrogen and oxygen atoms in total. The number of hydrogen-bond acceptors (Lipinski definition) is 2. The van der Waals surface area contributed by atoms with Crippen molar-refractivity contribution in [1.29, 1.82) is 0 Å². The fraction of sp³-hybridized carbons (Fsp3) is 0. The van der Waals surface area contributed by atoms with Crippen LogP contribution in [0.15, 0.2) is 241 Å². The Hall–Kier alpha value is -7.94. The van der Waals surface area contributed by atoms with Crippen LogP contribution in [0.4, 0.5) is 17.1 Å². The zero-order chi connectivity index (χ0) is 39.8. The zero-order valence-electron chi connectivity index (χ0n) is 32.9. The predicted octanol–water partition coefficient (Wildman–Crippen LogP) is 16.5. The van der Waals surface area contributed by atoms with E-state index in [1.54, 1.807) is 0 Å². The van der Waals surface area contributed by atoms with Crippen LogP contribution < -0.4 is 4.90 Å². The number of para-hydroxylation sites is 2. The first-order chi connectivity index (χ1) is 29.7. The van der Waals surface area contributed by atoms with Crippen molar-refractivity contribution in [2.45, 2.75) is 0 Å². The van der Waals surface area contributed by atoms with E-state index in [-0.39, 0.29) is 0 Å². The minimum Gasteiger partial charge on any atom is -0.455 e. The van der Waals surface area contributed by atoms with Gasteiger partial charge in [0, 0.05) is 33.4 Å². The molecular formula is C58H39NO. The second-order valence-corrected chi connectivity index (χ2v) is 15.3. The standard InChI is InChI=1S/C58H39NO/c1-2-11-40(12-3-1)41-23-25-42(26-24-41)43-27-33-49(34-28-43)59(51-37-31-46(32-38-51)54-20-10-21-56-55-18-6-7-22-57(55)60-58(54)56)50-35-29-44(30-36-50)47-15-8-16-48(39-47)53-19-9-14-45-13-4-5-17-52(45)53/h1-39H. The lowest BCUT2D eigenvalue weighted by Gasteiger charge is -2.26. The van der Waals surface area contributed by atoms with Crippen molar-refractivity contribution in [3.8, 4) is 55.6 Å². The van der Waals surface area contributed by atoms with Gasteiger partial charge in [-0.3, -0.25) is 0 Å². The first-order valence-electron chi connectivity index (χ1n) is 20.5. The van der Waals surface area contributed by atoms with E-state index in [1.807, 2.05) is 12.1 Å². The largest absolute Gasteiger partial charge is 0.455 e. The summed E-state index contributed by atoms with van der Waals surface area (Å²) in [6.07, 6.45) is 0. The third-order valence-electron chi connectivity index (χ3n) is 11.7. The van der Waals surface area contributed by atoms with Crippen molar-refractivity contribution in [3.63, 3.8) is 0 Å². The van der Waals surface area contributed by atoms with E-state index in [2.05, 4.69) is 229 Å². The first kappa shape index (κ1) is 35.2. The molecule has 1 heterocycles. The van der Waals surface area contributed by atoms with E-state index in [1.165, 1.54) is 55.3 Å². The lowest BCUT2D eigenvalue weighted by molar-refractivity contribution is 0.670. The second kappa shape index (κ2) is 15.1. The Kier molecular flexibility index (Phi) is 8.87. The third kappa shape index (κ3) is 6.51. The van der Waals surface area contributed by atoms with Gasteiger partial charge in [0.05, 0.1) is 0 Å². The Morgan fingerprint density at radius 2 is 0.700 bits per heavy atom. The summed E-state index contributed by atoms with van der Waals surface area (Å²) >= 11 is 0. The highest BCUT2D eigenvalue weighted by atomic mass is 16.3. The quantitative estimate of drug-likeness (QED) is 0.153. The average molecular weight is 766 g/mol. The molecule has 0 bridgehead atoms. The summed E-state index contributed by atoms with van der Waals surface area (Å²) < 4.78 is 6.42. The molecule has 1 aromatic heterocycles. The number of nitrogens with zero attached hydrogens (tertiary/aromatic N) is 1. The lowest BCUT2D eigenvalue weighted by Crippen LogP contribution is -2.09. The molecule has 0 aliphatic heterocycles. The Bertz CT molecular complexity index is 3270. The second-order valence-electron chi connectivity index (χ2n) is 15.3. The van der Waals surface area contributed by atoms with E-state index in [9.17, 15) is 0 Å². The molecule has 2 heteroatoms. The van der Waals surface area contributed by atoms with Gasteiger partial charge in [-0.15, -0.1) is 0 Å². The molecule has 0 saturated carbocycles. The Morgan fingerprint density at radius 1 is 0.267 bits per heavy atom. The van der Waals surface area contributed by atoms with Gasteiger partial charge in [-0.25, -0.2) is 0 Å². The molecule has 0 atom stereocenters. The Morgan fingerprint density at radius 3 is 1.38 bits per heavy atom. The average Bonchev–Trinajstić information content (AvgIpc) is 3.72. The van der Waals surface area contributed by atoms with Gasteiger partial charge in [-0.2, -0.15) is 0 Å². The van der Waals surface area contributed by atoms with E-state index >= 15 is 0 Å². The van der Waals surface area contributed by atoms with Crippen LogP contribution in [0.25, 0.3) is 88.3 Å². The van der Waals surface area contributed by atoms with Crippen molar-refractivity contribution in [1.82, 2.24) is 0 Å². The predicted molar refractivity (Wildman–Crippen MR) is 253 cm³/mol. The van der Waals surface area contributed by atoms with Crippen LogP contribution >= 0.6 is 0 Å². The van der Waals surface area contributed by atoms with E-state index in [0.717, 1.165) is 50.1 Å². The SMILES string of the molecule is c1ccc(-c2ccc(-c3ccc(N(c4ccc(-c5cccc(-c6cccc7ccccc67)c5)cc4)c4ccc(-c5cccc6c5oc5ccccc56)cc4)cc3)cc2)cc1. The van der Waals surface area contributed by atoms with E-state index in [0.29, 0.717) is 0 Å². The van der Waals surface area contributed by atoms with Crippen molar-refractivity contribution in [3.05, 3.63) is 237 Å². The van der Waals surface area contributed by atoms with Gasteiger partial charge >= 0.3 is 0 Å². The molecular weight excluding hydrogens is 727 g/mol. The van der Waals surface area contributed by atoms with Crippen molar-refractivity contribution < 1.29 is 4.42 Å². The fourth-order valence-electron chi connectivity index (χ4n) is 8.65. The van der Waals surface area contributed by atoms with Crippen LogP contribution in [0.1, 0.15) is 0 Å². The topological polar surface area (TPSA) is 16.4 Å². The molecule has 0 radical (unpaired) electrons. The summed E-state index contributed by atoms with van der Waals surface area (Å²) in [5.74, 6) is 0. The fourth-order valence-corrected chi connectivity index (χ4v) is 8.65. The summed E-state index contributed by atoms with van der Waals surface area (Å²) in [7, 11) is 0. The molecule has 0 spiro atoms. The van der Waals surface area contributed by atoms with Crippen molar-refractivity contribution in [2.24, 2.45) is 0 Å². The van der Waals surface area contributed by atoms with Crippen LogP contribution in [0, 0.1) is 0 Å². The highest BCUT2D eigenvalue weighted by Gasteiger charge is 2.16. The van der Waals surface area contributed by atoms with Crippen LogP contribution in [-0.2, 0) is 0 Å². The minimum absolute atomic E-state index is 0.905. The van der Waals surface area contributed by atoms with Gasteiger partial charge < -0.3 is 9.32 Å². The monoisotopic (exact) mass is 765 g/mol. The molecule has 0 amide bonds. The molecule has 10 aromatic carbocycles. The van der Waals surface area contributed by atoms with Gasteiger partial charge in [0.25, 0.3) is 0 Å². The molecule has 60 heavy (non-hydrogen) atoms. The molecule has 0 aliphatic rings. The Balaban J connectivity index is 0.950. The van der Waals surface area contributed by atoms with E-state index < -0.39 is 0 Å².